The number of aromatic nitrogens is 2. The van der Waals surface area contributed by atoms with E-state index in [-0.39, 0.29) is 6.79 Å². The van der Waals surface area contributed by atoms with Crippen LogP contribution in [0.1, 0.15) is 10.4 Å². The third kappa shape index (κ3) is 3.19. The minimum absolute atomic E-state index is 0.261. The topological polar surface area (TPSA) is 79.5 Å². The molecule has 1 aliphatic heterocycles. The maximum absolute atomic E-state index is 6.10. The molecule has 0 fully saturated rings. The average Bonchev–Trinajstić information content (AvgIpc) is 3.16. The van der Waals surface area contributed by atoms with Crippen LogP contribution in [0, 0.1) is 13.8 Å². The largest absolute Gasteiger partial charge is 0.493 e. The average molecular weight is 375 g/mol. The number of hydrogen-bond donors (Lipinski definition) is 1. The summed E-state index contributed by atoms with van der Waals surface area (Å²) in [6.45, 7) is 4.93. The summed E-state index contributed by atoms with van der Waals surface area (Å²) in [7, 11) is 0. The maximum atomic E-state index is 6.10. The number of nitrogens with two attached hydrogens (primary N) is 1. The highest BCUT2D eigenvalue weighted by Gasteiger charge is 2.14. The Morgan fingerprint density at radius 2 is 2.08 bits per heavy atom. The van der Waals surface area contributed by atoms with E-state index >= 15 is 0 Å². The molecule has 0 bridgehead atoms. The predicted molar refractivity (Wildman–Crippen MR) is 100 cm³/mol. The molecule has 8 heteroatoms. The van der Waals surface area contributed by atoms with Crippen molar-refractivity contribution in [1.82, 2.24) is 9.97 Å². The van der Waals surface area contributed by atoms with Crippen molar-refractivity contribution in [1.29, 1.82) is 0 Å². The summed E-state index contributed by atoms with van der Waals surface area (Å²) < 4.78 is 16.4. The second kappa shape index (κ2) is 6.61. The summed E-state index contributed by atoms with van der Waals surface area (Å²) in [4.78, 5) is 11.2. The van der Waals surface area contributed by atoms with Gasteiger partial charge in [0, 0.05) is 16.7 Å². The van der Waals surface area contributed by atoms with Gasteiger partial charge >= 0.3 is 0 Å². The summed E-state index contributed by atoms with van der Waals surface area (Å²) in [5, 5.41) is 1.66. The first-order valence-corrected chi connectivity index (χ1v) is 9.60. The third-order valence-electron chi connectivity index (χ3n) is 3.96. The number of anilines is 1. The lowest BCUT2D eigenvalue weighted by atomic mass is 10.2. The van der Waals surface area contributed by atoms with Crippen molar-refractivity contribution in [3.8, 4) is 17.2 Å². The first kappa shape index (κ1) is 16.3. The summed E-state index contributed by atoms with van der Waals surface area (Å²) >= 11 is 3.19. The Bertz CT molecular complexity index is 943. The number of nitrogen functional groups attached to an aromatic ring is 1. The van der Waals surface area contributed by atoms with E-state index in [4.69, 9.17) is 19.9 Å². The Morgan fingerprint density at radius 1 is 1.24 bits per heavy atom. The Labute approximate surface area is 153 Å². The fourth-order valence-electron chi connectivity index (χ4n) is 2.58. The smallest absolute Gasteiger partial charge is 0.231 e. The van der Waals surface area contributed by atoms with E-state index in [9.17, 15) is 0 Å². The maximum Gasteiger partial charge on any atom is 0.231 e. The van der Waals surface area contributed by atoms with Crippen LogP contribution in [0.25, 0.3) is 10.2 Å². The van der Waals surface area contributed by atoms with E-state index in [2.05, 4.69) is 23.8 Å². The monoisotopic (exact) mass is 375 g/mol. The minimum atomic E-state index is 0.261. The normalized spacial score (nSPS) is 12.7. The van der Waals surface area contributed by atoms with Gasteiger partial charge in [-0.15, -0.1) is 11.3 Å². The molecule has 0 aliphatic carbocycles. The van der Waals surface area contributed by atoms with E-state index in [0.29, 0.717) is 17.6 Å². The van der Waals surface area contributed by atoms with Gasteiger partial charge in [-0.3, -0.25) is 0 Å². The highest BCUT2D eigenvalue weighted by atomic mass is 32.2. The van der Waals surface area contributed by atoms with Crippen LogP contribution in [0.5, 0.6) is 17.2 Å². The molecule has 6 nitrogen and oxygen atoms in total. The number of thiophene rings is 1. The van der Waals surface area contributed by atoms with Gasteiger partial charge in [-0.25, -0.2) is 9.97 Å². The van der Waals surface area contributed by atoms with Gasteiger partial charge in [0.2, 0.25) is 6.79 Å². The van der Waals surface area contributed by atoms with Gasteiger partial charge in [-0.1, -0.05) is 11.8 Å². The van der Waals surface area contributed by atoms with Gasteiger partial charge in [0.05, 0.1) is 12.0 Å². The van der Waals surface area contributed by atoms with Gasteiger partial charge in [-0.05, 0) is 31.5 Å². The summed E-state index contributed by atoms with van der Waals surface area (Å²) in [6, 6.07) is 5.56. The molecule has 0 amide bonds. The van der Waals surface area contributed by atoms with E-state index in [1.54, 1.807) is 11.3 Å². The van der Waals surface area contributed by atoms with Crippen molar-refractivity contribution in [3.63, 3.8) is 0 Å². The predicted octanol–water partition coefficient (Wildman–Crippen LogP) is 3.79. The molecule has 1 aromatic carbocycles. The van der Waals surface area contributed by atoms with Gasteiger partial charge < -0.3 is 19.9 Å². The molecule has 0 saturated heterocycles. The first-order chi connectivity index (χ1) is 12.1. The lowest BCUT2D eigenvalue weighted by Gasteiger charge is -2.07. The van der Waals surface area contributed by atoms with Gasteiger partial charge in [0.15, 0.2) is 16.7 Å². The zero-order valence-corrected chi connectivity index (χ0v) is 15.5. The Balaban J connectivity index is 1.38. The van der Waals surface area contributed by atoms with Crippen LogP contribution >= 0.6 is 23.1 Å². The molecule has 1 aliphatic rings. The second-order valence-corrected chi connectivity index (χ2v) is 7.83. The number of rotatable bonds is 5. The molecule has 0 unspecified atom stereocenters. The third-order valence-corrected chi connectivity index (χ3v) is 5.88. The molecule has 4 rings (SSSR count). The number of aryl methyl sites for hydroxylation is 2. The van der Waals surface area contributed by atoms with Crippen LogP contribution in [0.4, 0.5) is 5.82 Å². The Morgan fingerprint density at radius 3 is 2.96 bits per heavy atom. The molecule has 130 valence electrons. The van der Waals surface area contributed by atoms with Crippen LogP contribution in [0.3, 0.4) is 0 Å². The van der Waals surface area contributed by atoms with Crippen molar-refractivity contribution >= 4 is 39.1 Å². The number of thioether (sulfide) groups is 1. The fraction of sp³-hybridized carbons (Fsp3) is 0.294. The SMILES string of the molecule is Cc1sc2nc(SCCOc3ccc4c(c3)OCO4)nc(N)c2c1C. The van der Waals surface area contributed by atoms with Crippen molar-refractivity contribution < 1.29 is 14.2 Å². The molecule has 25 heavy (non-hydrogen) atoms. The molecule has 0 atom stereocenters. The number of ether oxygens (including phenoxy) is 3. The van der Waals surface area contributed by atoms with E-state index in [1.807, 2.05) is 18.2 Å². The van der Waals surface area contributed by atoms with Gasteiger partial charge in [-0.2, -0.15) is 0 Å². The first-order valence-electron chi connectivity index (χ1n) is 7.80. The number of fused-ring (bicyclic) bond motifs is 2. The highest BCUT2D eigenvalue weighted by Crippen LogP contribution is 2.35. The Hall–Kier alpha value is -2.19. The molecule has 2 aromatic heterocycles. The molecule has 3 heterocycles. The van der Waals surface area contributed by atoms with Gasteiger partial charge in [0.25, 0.3) is 0 Å². The number of hydrogen-bond acceptors (Lipinski definition) is 8. The van der Waals surface area contributed by atoms with Crippen LogP contribution in [-0.2, 0) is 0 Å². The van der Waals surface area contributed by atoms with Crippen molar-refractivity contribution in [3.05, 3.63) is 28.6 Å². The standard InChI is InChI=1S/C17H17N3O3S2/c1-9-10(2)25-16-14(9)15(18)19-17(20-16)24-6-5-21-11-3-4-12-13(7-11)23-8-22-12/h3-4,7H,5-6,8H2,1-2H3,(H2,18,19,20). The molecular formula is C17H17N3O3S2. The molecule has 3 aromatic rings. The van der Waals surface area contributed by atoms with Crippen LogP contribution < -0.4 is 19.9 Å². The molecule has 0 spiro atoms. The highest BCUT2D eigenvalue weighted by molar-refractivity contribution is 7.99. The van der Waals surface area contributed by atoms with E-state index in [1.165, 1.54) is 22.2 Å². The molecule has 0 radical (unpaired) electrons. The van der Waals surface area contributed by atoms with E-state index < -0.39 is 0 Å². The zero-order chi connectivity index (χ0) is 17.4. The van der Waals surface area contributed by atoms with Crippen molar-refractivity contribution in [2.24, 2.45) is 0 Å². The van der Waals surface area contributed by atoms with Crippen molar-refractivity contribution in [2.45, 2.75) is 19.0 Å². The summed E-state index contributed by atoms with van der Waals surface area (Å²) in [5.41, 5.74) is 7.27. The molecule has 2 N–H and O–H groups in total. The van der Waals surface area contributed by atoms with E-state index in [0.717, 1.165) is 33.2 Å². The Kier molecular flexibility index (Phi) is 4.30. The summed E-state index contributed by atoms with van der Waals surface area (Å²) in [5.74, 6) is 3.50. The van der Waals surface area contributed by atoms with Crippen LogP contribution in [-0.4, -0.2) is 29.1 Å². The quantitative estimate of drug-likeness (QED) is 0.413. The van der Waals surface area contributed by atoms with Gasteiger partial charge in [0.1, 0.15) is 16.4 Å². The van der Waals surface area contributed by atoms with Crippen molar-refractivity contribution in [2.75, 3.05) is 24.9 Å². The molecule has 0 saturated carbocycles. The van der Waals surface area contributed by atoms with Crippen LogP contribution in [0.15, 0.2) is 23.4 Å². The number of benzene rings is 1. The second-order valence-electron chi connectivity index (χ2n) is 5.57. The minimum Gasteiger partial charge on any atom is -0.493 e. The van der Waals surface area contributed by atoms with Crippen LogP contribution in [0.2, 0.25) is 0 Å². The number of nitrogens with zero attached hydrogens (tertiary/aromatic N) is 2. The summed E-state index contributed by atoms with van der Waals surface area (Å²) in [6.07, 6.45) is 0. The fourth-order valence-corrected chi connectivity index (χ4v) is 4.35. The zero-order valence-electron chi connectivity index (χ0n) is 13.9. The lowest BCUT2D eigenvalue weighted by Crippen LogP contribution is -2.02. The lowest BCUT2D eigenvalue weighted by molar-refractivity contribution is 0.174. The molecular weight excluding hydrogens is 358 g/mol.